The van der Waals surface area contributed by atoms with E-state index in [4.69, 9.17) is 5.11 Å². The minimum atomic E-state index is -1.07. The molecule has 27 heavy (non-hydrogen) atoms. The van der Waals surface area contributed by atoms with Crippen LogP contribution in [0.25, 0.3) is 5.69 Å². The van der Waals surface area contributed by atoms with E-state index in [1.54, 1.807) is 0 Å². The molecule has 7 nitrogen and oxygen atoms in total. The number of hydrogen-bond donors (Lipinski definition) is 2. The fourth-order valence-corrected chi connectivity index (χ4v) is 3.96. The number of carboxylic acid groups (broad SMARTS) is 1. The van der Waals surface area contributed by atoms with Crippen LogP contribution in [0.5, 0.6) is 0 Å². The Balaban J connectivity index is 1.56. The second-order valence-corrected chi connectivity index (χ2v) is 7.43. The summed E-state index contributed by atoms with van der Waals surface area (Å²) in [6.07, 6.45) is 2.75. The molecule has 8 heteroatoms. The number of aromatic nitrogens is 3. The summed E-state index contributed by atoms with van der Waals surface area (Å²) in [5, 5.41) is 18.3. The number of benzene rings is 1. The highest BCUT2D eigenvalue weighted by Gasteiger charge is 2.27. The summed E-state index contributed by atoms with van der Waals surface area (Å²) in [7, 11) is 0. The Morgan fingerprint density at radius 1 is 1.26 bits per heavy atom. The van der Waals surface area contributed by atoms with Gasteiger partial charge in [0, 0.05) is 16.6 Å². The minimum absolute atomic E-state index is 0.00575. The number of nitrogens with zero attached hydrogens (tertiary/aromatic N) is 3. The lowest BCUT2D eigenvalue weighted by molar-refractivity contribution is 0.0691. The highest BCUT2D eigenvalue weighted by Crippen LogP contribution is 2.28. The van der Waals surface area contributed by atoms with Crippen LogP contribution in [0.4, 0.5) is 0 Å². The van der Waals surface area contributed by atoms with E-state index in [9.17, 15) is 9.59 Å². The average molecular weight is 382 g/mol. The first kappa shape index (κ1) is 17.4. The molecule has 1 aliphatic carbocycles. The van der Waals surface area contributed by atoms with Gasteiger partial charge in [-0.15, -0.1) is 11.3 Å². The van der Waals surface area contributed by atoms with Crippen LogP contribution in [0, 0.1) is 6.92 Å². The van der Waals surface area contributed by atoms with E-state index in [1.165, 1.54) is 22.3 Å². The van der Waals surface area contributed by atoms with Crippen molar-refractivity contribution < 1.29 is 14.7 Å². The van der Waals surface area contributed by atoms with Gasteiger partial charge in [-0.25, -0.2) is 14.5 Å². The van der Waals surface area contributed by atoms with E-state index in [2.05, 4.69) is 15.4 Å². The second-order valence-electron chi connectivity index (χ2n) is 6.49. The third kappa shape index (κ3) is 3.35. The highest BCUT2D eigenvalue weighted by molar-refractivity contribution is 7.09. The van der Waals surface area contributed by atoms with Crippen LogP contribution in [-0.4, -0.2) is 31.7 Å². The van der Waals surface area contributed by atoms with Crippen LogP contribution < -0.4 is 5.32 Å². The molecule has 1 aromatic carbocycles. The molecular formula is C19H18N4O3S. The van der Waals surface area contributed by atoms with Crippen LogP contribution in [0.2, 0.25) is 0 Å². The van der Waals surface area contributed by atoms with Crippen molar-refractivity contribution in [3.05, 3.63) is 62.9 Å². The number of aryl methyl sites for hydroxylation is 1. The molecule has 0 atom stereocenters. The van der Waals surface area contributed by atoms with Gasteiger partial charge in [0.25, 0.3) is 5.91 Å². The van der Waals surface area contributed by atoms with E-state index in [-0.39, 0.29) is 18.1 Å². The molecule has 0 unspecified atom stereocenters. The molecule has 0 bridgehead atoms. The van der Waals surface area contributed by atoms with Gasteiger partial charge >= 0.3 is 5.97 Å². The molecule has 0 spiro atoms. The quantitative estimate of drug-likeness (QED) is 0.707. The summed E-state index contributed by atoms with van der Waals surface area (Å²) in [6, 6.07) is 8.07. The lowest BCUT2D eigenvalue weighted by Gasteiger charge is -2.05. The first-order valence-electron chi connectivity index (χ1n) is 8.66. The standard InChI is InChI=1S/C19H18N4O3S/c1-11-5-7-12(8-6-11)23-15-4-2-3-13(15)17(22-23)18(24)20-9-16-21-14(10-27-16)19(25)26/h5-8,10H,2-4,9H2,1H3,(H,20,24)(H,25,26). The first-order valence-corrected chi connectivity index (χ1v) is 9.54. The highest BCUT2D eigenvalue weighted by atomic mass is 32.1. The largest absolute Gasteiger partial charge is 0.476 e. The molecule has 1 aliphatic rings. The number of rotatable bonds is 5. The zero-order valence-corrected chi connectivity index (χ0v) is 15.5. The van der Waals surface area contributed by atoms with Crippen LogP contribution in [0.15, 0.2) is 29.6 Å². The Morgan fingerprint density at radius 2 is 2.04 bits per heavy atom. The van der Waals surface area contributed by atoms with Crippen molar-refractivity contribution in [3.8, 4) is 5.69 Å². The molecule has 3 aromatic rings. The van der Waals surface area contributed by atoms with Crippen molar-refractivity contribution >= 4 is 23.2 Å². The third-order valence-electron chi connectivity index (χ3n) is 4.59. The van der Waals surface area contributed by atoms with Gasteiger partial charge in [-0.2, -0.15) is 5.10 Å². The fraction of sp³-hybridized carbons (Fsp3) is 0.263. The monoisotopic (exact) mass is 382 g/mol. The molecule has 0 fully saturated rings. The molecule has 4 rings (SSSR count). The van der Waals surface area contributed by atoms with E-state index in [1.807, 2.05) is 35.9 Å². The third-order valence-corrected chi connectivity index (χ3v) is 5.44. The Morgan fingerprint density at radius 3 is 2.74 bits per heavy atom. The SMILES string of the molecule is Cc1ccc(-n2nc(C(=O)NCc3nc(C(=O)O)cs3)c3c2CCC3)cc1. The predicted molar refractivity (Wildman–Crippen MR) is 101 cm³/mol. The number of thiazole rings is 1. The van der Waals surface area contributed by atoms with E-state index >= 15 is 0 Å². The predicted octanol–water partition coefficient (Wildman–Crippen LogP) is 2.75. The van der Waals surface area contributed by atoms with Crippen LogP contribution in [0.3, 0.4) is 0 Å². The molecule has 0 saturated carbocycles. The summed E-state index contributed by atoms with van der Waals surface area (Å²) in [5.41, 5.74) is 4.64. The number of carbonyl (C=O) groups is 2. The Hall–Kier alpha value is -3.00. The van der Waals surface area contributed by atoms with E-state index in [0.717, 1.165) is 36.2 Å². The van der Waals surface area contributed by atoms with Crippen LogP contribution in [0.1, 0.15) is 49.2 Å². The molecule has 1 amide bonds. The fourth-order valence-electron chi connectivity index (χ4n) is 3.25. The molecule has 0 radical (unpaired) electrons. The van der Waals surface area contributed by atoms with E-state index in [0.29, 0.717) is 10.7 Å². The normalized spacial score (nSPS) is 12.8. The maximum absolute atomic E-state index is 12.7. The van der Waals surface area contributed by atoms with Crippen molar-refractivity contribution in [2.75, 3.05) is 0 Å². The summed E-state index contributed by atoms with van der Waals surface area (Å²) in [5.74, 6) is -1.33. The van der Waals surface area contributed by atoms with Gasteiger partial charge in [-0.3, -0.25) is 4.79 Å². The zero-order valence-electron chi connectivity index (χ0n) is 14.7. The van der Waals surface area contributed by atoms with Crippen molar-refractivity contribution in [2.45, 2.75) is 32.7 Å². The zero-order chi connectivity index (χ0) is 19.0. The number of carboxylic acids is 1. The van der Waals surface area contributed by atoms with Crippen LogP contribution >= 0.6 is 11.3 Å². The number of hydrogen-bond acceptors (Lipinski definition) is 5. The number of nitrogens with one attached hydrogen (secondary N) is 1. The maximum Gasteiger partial charge on any atom is 0.355 e. The summed E-state index contributed by atoms with van der Waals surface area (Å²) >= 11 is 1.21. The number of amides is 1. The summed E-state index contributed by atoms with van der Waals surface area (Å²) in [4.78, 5) is 27.6. The van der Waals surface area contributed by atoms with Gasteiger partial charge in [-0.1, -0.05) is 17.7 Å². The minimum Gasteiger partial charge on any atom is -0.476 e. The first-order chi connectivity index (χ1) is 13.0. The lowest BCUT2D eigenvalue weighted by atomic mass is 10.2. The van der Waals surface area contributed by atoms with Gasteiger partial charge in [0.2, 0.25) is 0 Å². The maximum atomic E-state index is 12.7. The molecule has 0 aliphatic heterocycles. The summed E-state index contributed by atoms with van der Waals surface area (Å²) in [6.45, 7) is 2.22. The van der Waals surface area contributed by atoms with Gasteiger partial charge in [-0.05, 0) is 38.3 Å². The molecule has 138 valence electrons. The van der Waals surface area contributed by atoms with Crippen LogP contribution in [-0.2, 0) is 19.4 Å². The lowest BCUT2D eigenvalue weighted by Crippen LogP contribution is -2.24. The molecule has 2 heterocycles. The van der Waals surface area contributed by atoms with Crippen molar-refractivity contribution in [1.82, 2.24) is 20.1 Å². The van der Waals surface area contributed by atoms with Crippen molar-refractivity contribution in [3.63, 3.8) is 0 Å². The average Bonchev–Trinajstić information content (AvgIpc) is 3.36. The van der Waals surface area contributed by atoms with Gasteiger partial charge < -0.3 is 10.4 Å². The Bertz CT molecular complexity index is 1020. The number of aromatic carboxylic acids is 1. The molecule has 2 aromatic heterocycles. The van der Waals surface area contributed by atoms with E-state index < -0.39 is 5.97 Å². The molecule has 2 N–H and O–H groups in total. The van der Waals surface area contributed by atoms with Gasteiger partial charge in [0.05, 0.1) is 12.2 Å². The van der Waals surface area contributed by atoms with Gasteiger partial charge in [0.15, 0.2) is 11.4 Å². The topological polar surface area (TPSA) is 97.1 Å². The van der Waals surface area contributed by atoms with Gasteiger partial charge in [0.1, 0.15) is 5.01 Å². The number of carbonyl (C=O) groups excluding carboxylic acids is 1. The molecular weight excluding hydrogens is 364 g/mol. The molecule has 0 saturated heterocycles. The summed E-state index contributed by atoms with van der Waals surface area (Å²) < 4.78 is 1.86. The van der Waals surface area contributed by atoms with Crippen molar-refractivity contribution in [2.24, 2.45) is 0 Å². The number of fused-ring (bicyclic) bond motifs is 1. The Labute approximate surface area is 159 Å². The van der Waals surface area contributed by atoms with Crippen molar-refractivity contribution in [1.29, 1.82) is 0 Å². The smallest absolute Gasteiger partial charge is 0.355 e. The second kappa shape index (κ2) is 6.96. The Kier molecular flexibility index (Phi) is 4.49.